The molecule has 0 aliphatic rings. The van der Waals surface area contributed by atoms with Gasteiger partial charge in [-0.05, 0) is 50.5 Å². The second kappa shape index (κ2) is 10.6. The van der Waals surface area contributed by atoms with Crippen LogP contribution in [0.4, 0.5) is 0 Å². The molecule has 6 nitrogen and oxygen atoms in total. The minimum absolute atomic E-state index is 0.0562. The molecule has 0 heterocycles. The van der Waals surface area contributed by atoms with Crippen molar-refractivity contribution in [2.75, 3.05) is 20.2 Å². The number of amides is 1. The lowest BCUT2D eigenvalue weighted by Gasteiger charge is -2.20. The molecule has 2 rings (SSSR count). The number of likely N-dealkylation sites (N-methyl/N-ethyl adjacent to an activating group) is 1. The SMILES string of the molecule is CCOc1ccc(Cl)cc1S(=O)(=O)N(C)CC(=O)NC(C)CCc1ccccc1. The summed E-state index contributed by atoms with van der Waals surface area (Å²) in [5, 5.41) is 3.13. The van der Waals surface area contributed by atoms with Gasteiger partial charge in [-0.15, -0.1) is 0 Å². The van der Waals surface area contributed by atoms with E-state index in [9.17, 15) is 13.2 Å². The van der Waals surface area contributed by atoms with Gasteiger partial charge in [-0.3, -0.25) is 4.79 Å². The Labute approximate surface area is 177 Å². The Balaban J connectivity index is 1.98. The summed E-state index contributed by atoms with van der Waals surface area (Å²) in [5.74, 6) is -0.156. The van der Waals surface area contributed by atoms with E-state index >= 15 is 0 Å². The molecule has 2 aromatic carbocycles. The van der Waals surface area contributed by atoms with Gasteiger partial charge in [0, 0.05) is 18.1 Å². The van der Waals surface area contributed by atoms with Crippen LogP contribution in [0.1, 0.15) is 25.8 Å². The summed E-state index contributed by atoms with van der Waals surface area (Å²) in [4.78, 5) is 12.3. The Morgan fingerprint density at radius 3 is 2.55 bits per heavy atom. The standard InChI is InChI=1S/C21H27ClN2O4S/c1-4-28-19-13-12-18(22)14-20(19)29(26,27)24(3)15-21(25)23-16(2)10-11-17-8-6-5-7-9-17/h5-9,12-14,16H,4,10-11,15H2,1-3H3,(H,23,25). The first-order valence-corrected chi connectivity index (χ1v) is 11.3. The van der Waals surface area contributed by atoms with E-state index in [1.165, 1.54) is 24.7 Å². The van der Waals surface area contributed by atoms with E-state index in [0.717, 1.165) is 17.1 Å². The molecule has 1 unspecified atom stereocenters. The third kappa shape index (κ3) is 6.73. The lowest BCUT2D eigenvalue weighted by atomic mass is 10.1. The van der Waals surface area contributed by atoms with Crippen LogP contribution in [-0.4, -0.2) is 44.9 Å². The zero-order valence-corrected chi connectivity index (χ0v) is 18.5. The van der Waals surface area contributed by atoms with Crippen molar-refractivity contribution in [3.05, 3.63) is 59.1 Å². The third-order valence-electron chi connectivity index (χ3n) is 4.38. The maximum Gasteiger partial charge on any atom is 0.247 e. The summed E-state index contributed by atoms with van der Waals surface area (Å²) >= 11 is 5.97. The predicted molar refractivity (Wildman–Crippen MR) is 115 cm³/mol. The number of rotatable bonds is 10. The fourth-order valence-electron chi connectivity index (χ4n) is 2.83. The fourth-order valence-corrected chi connectivity index (χ4v) is 4.35. The second-order valence-corrected chi connectivity index (χ2v) is 9.23. The van der Waals surface area contributed by atoms with Crippen LogP contribution in [0, 0.1) is 0 Å². The molecule has 0 aliphatic heterocycles. The summed E-state index contributed by atoms with van der Waals surface area (Å²) in [6.07, 6.45) is 1.59. The van der Waals surface area contributed by atoms with Crippen LogP contribution < -0.4 is 10.1 Å². The van der Waals surface area contributed by atoms with Gasteiger partial charge in [-0.25, -0.2) is 8.42 Å². The molecular weight excluding hydrogens is 412 g/mol. The van der Waals surface area contributed by atoms with Gasteiger partial charge in [0.15, 0.2) is 0 Å². The van der Waals surface area contributed by atoms with Crippen molar-refractivity contribution in [3.8, 4) is 5.75 Å². The number of nitrogens with one attached hydrogen (secondary N) is 1. The Hall–Kier alpha value is -2.09. The van der Waals surface area contributed by atoms with E-state index in [4.69, 9.17) is 16.3 Å². The van der Waals surface area contributed by atoms with E-state index < -0.39 is 10.0 Å². The smallest absolute Gasteiger partial charge is 0.247 e. The normalized spacial score (nSPS) is 12.6. The van der Waals surface area contributed by atoms with Crippen LogP contribution in [0.15, 0.2) is 53.4 Å². The summed E-state index contributed by atoms with van der Waals surface area (Å²) < 4.78 is 32.2. The highest BCUT2D eigenvalue weighted by atomic mass is 35.5. The van der Waals surface area contributed by atoms with E-state index in [0.29, 0.717) is 6.61 Å². The first kappa shape index (κ1) is 23.2. The highest BCUT2D eigenvalue weighted by molar-refractivity contribution is 7.89. The topological polar surface area (TPSA) is 75.7 Å². The number of nitrogens with zero attached hydrogens (tertiary/aromatic N) is 1. The number of hydrogen-bond donors (Lipinski definition) is 1. The molecule has 0 spiro atoms. The summed E-state index contributed by atoms with van der Waals surface area (Å²) in [6.45, 7) is 3.68. The number of benzene rings is 2. The van der Waals surface area contributed by atoms with Crippen molar-refractivity contribution < 1.29 is 17.9 Å². The largest absolute Gasteiger partial charge is 0.492 e. The number of carbonyl (C=O) groups excluding carboxylic acids is 1. The number of sulfonamides is 1. The van der Waals surface area contributed by atoms with Gasteiger partial charge in [0.1, 0.15) is 10.6 Å². The van der Waals surface area contributed by atoms with Gasteiger partial charge < -0.3 is 10.1 Å². The van der Waals surface area contributed by atoms with E-state index in [1.54, 1.807) is 13.0 Å². The Kier molecular flexibility index (Phi) is 8.49. The summed E-state index contributed by atoms with van der Waals surface area (Å²) in [6, 6.07) is 14.3. The number of hydrogen-bond acceptors (Lipinski definition) is 4. The maximum atomic E-state index is 12.9. The Morgan fingerprint density at radius 1 is 1.21 bits per heavy atom. The highest BCUT2D eigenvalue weighted by Crippen LogP contribution is 2.29. The van der Waals surface area contributed by atoms with Gasteiger partial charge in [0.25, 0.3) is 0 Å². The first-order valence-electron chi connectivity index (χ1n) is 9.46. The third-order valence-corrected chi connectivity index (χ3v) is 6.44. The van der Waals surface area contributed by atoms with Crippen LogP contribution >= 0.6 is 11.6 Å². The molecule has 158 valence electrons. The van der Waals surface area contributed by atoms with Crippen LogP contribution in [-0.2, 0) is 21.2 Å². The molecule has 0 saturated heterocycles. The molecule has 29 heavy (non-hydrogen) atoms. The van der Waals surface area contributed by atoms with Crippen LogP contribution in [0.25, 0.3) is 0 Å². The molecule has 1 atom stereocenters. The van der Waals surface area contributed by atoms with Crippen molar-refractivity contribution in [1.29, 1.82) is 0 Å². The molecule has 0 aliphatic carbocycles. The van der Waals surface area contributed by atoms with E-state index in [1.807, 2.05) is 37.3 Å². The number of halogens is 1. The zero-order valence-electron chi connectivity index (χ0n) is 16.9. The zero-order chi connectivity index (χ0) is 21.4. The molecule has 1 N–H and O–H groups in total. The van der Waals surface area contributed by atoms with Gasteiger partial charge in [-0.2, -0.15) is 4.31 Å². The molecular formula is C21H27ClN2O4S. The molecule has 0 saturated carbocycles. The molecule has 0 fully saturated rings. The van der Waals surface area contributed by atoms with Crippen molar-refractivity contribution in [3.63, 3.8) is 0 Å². The van der Waals surface area contributed by atoms with Crippen LogP contribution in [0.2, 0.25) is 5.02 Å². The molecule has 2 aromatic rings. The highest BCUT2D eigenvalue weighted by Gasteiger charge is 2.27. The summed E-state index contributed by atoms with van der Waals surface area (Å²) in [7, 11) is -2.58. The summed E-state index contributed by atoms with van der Waals surface area (Å²) in [5.41, 5.74) is 1.19. The minimum atomic E-state index is -3.94. The number of aryl methyl sites for hydroxylation is 1. The molecule has 0 bridgehead atoms. The lowest BCUT2D eigenvalue weighted by Crippen LogP contribution is -2.42. The Morgan fingerprint density at radius 2 is 1.90 bits per heavy atom. The molecule has 0 radical (unpaired) electrons. The molecule has 8 heteroatoms. The van der Waals surface area contributed by atoms with E-state index in [2.05, 4.69) is 5.32 Å². The van der Waals surface area contributed by atoms with Crippen molar-refractivity contribution in [2.24, 2.45) is 0 Å². The molecule has 0 aromatic heterocycles. The van der Waals surface area contributed by atoms with Crippen molar-refractivity contribution >= 4 is 27.5 Å². The van der Waals surface area contributed by atoms with Crippen molar-refractivity contribution in [1.82, 2.24) is 9.62 Å². The number of carbonyl (C=O) groups is 1. The number of ether oxygens (including phenoxy) is 1. The van der Waals surface area contributed by atoms with Gasteiger partial charge >= 0.3 is 0 Å². The fraction of sp³-hybridized carbons (Fsp3) is 0.381. The Bertz CT molecular complexity index is 920. The maximum absolute atomic E-state index is 12.9. The average molecular weight is 439 g/mol. The van der Waals surface area contributed by atoms with Gasteiger partial charge in [0.05, 0.1) is 13.2 Å². The molecule has 1 amide bonds. The van der Waals surface area contributed by atoms with Gasteiger partial charge in [-0.1, -0.05) is 41.9 Å². The second-order valence-electron chi connectivity index (χ2n) is 6.78. The quantitative estimate of drug-likeness (QED) is 0.616. The lowest BCUT2D eigenvalue weighted by molar-refractivity contribution is -0.121. The average Bonchev–Trinajstić information content (AvgIpc) is 2.68. The monoisotopic (exact) mass is 438 g/mol. The van der Waals surface area contributed by atoms with E-state index in [-0.39, 0.29) is 34.2 Å². The first-order chi connectivity index (χ1) is 13.7. The van der Waals surface area contributed by atoms with Crippen LogP contribution in [0.5, 0.6) is 5.75 Å². The van der Waals surface area contributed by atoms with Gasteiger partial charge in [0.2, 0.25) is 15.9 Å². The van der Waals surface area contributed by atoms with Crippen LogP contribution in [0.3, 0.4) is 0 Å². The predicted octanol–water partition coefficient (Wildman–Crippen LogP) is 3.50. The minimum Gasteiger partial charge on any atom is -0.492 e. The van der Waals surface area contributed by atoms with Crippen molar-refractivity contribution in [2.45, 2.75) is 37.6 Å².